The summed E-state index contributed by atoms with van der Waals surface area (Å²) in [7, 11) is 0. The molecule has 0 bridgehead atoms. The first-order chi connectivity index (χ1) is 11.8. The number of piperazine rings is 1. The van der Waals surface area contributed by atoms with E-state index in [-0.39, 0.29) is 5.91 Å². The number of para-hydroxylation sites is 1. The van der Waals surface area contributed by atoms with Crippen LogP contribution in [0.15, 0.2) is 36.4 Å². The van der Waals surface area contributed by atoms with Gasteiger partial charge in [-0.25, -0.2) is 4.68 Å². The summed E-state index contributed by atoms with van der Waals surface area (Å²) < 4.78 is 1.91. The van der Waals surface area contributed by atoms with Crippen LogP contribution in [0.1, 0.15) is 34.9 Å². The Hall–Kier alpha value is -2.63. The van der Waals surface area contributed by atoms with Crippen LogP contribution in [0.4, 0.5) is 0 Å². The van der Waals surface area contributed by atoms with Gasteiger partial charge in [0.05, 0.1) is 5.69 Å². The molecule has 1 aliphatic carbocycles. The molecule has 2 heterocycles. The monoisotopic (exact) mass is 324 g/mol. The van der Waals surface area contributed by atoms with Gasteiger partial charge in [-0.05, 0) is 31.0 Å². The number of nitrogens with zero attached hydrogens (tertiary/aromatic N) is 4. The Morgan fingerprint density at radius 3 is 2.42 bits per heavy atom. The number of hydrogen-bond acceptors (Lipinski definition) is 3. The van der Waals surface area contributed by atoms with E-state index in [1.165, 1.54) is 0 Å². The van der Waals surface area contributed by atoms with Crippen LogP contribution in [0.25, 0.3) is 5.69 Å². The highest BCUT2D eigenvalue weighted by molar-refractivity contribution is 5.92. The van der Waals surface area contributed by atoms with Crippen LogP contribution in [0, 0.1) is 0 Å². The van der Waals surface area contributed by atoms with Crippen LogP contribution < -0.4 is 0 Å². The summed E-state index contributed by atoms with van der Waals surface area (Å²) in [4.78, 5) is 27.1. The smallest absolute Gasteiger partial charge is 0.274 e. The highest BCUT2D eigenvalue weighted by atomic mass is 16.2. The van der Waals surface area contributed by atoms with E-state index in [9.17, 15) is 9.59 Å². The molecule has 2 aromatic rings. The zero-order chi connectivity index (χ0) is 16.5. The molecule has 1 aliphatic heterocycles. The maximum Gasteiger partial charge on any atom is 0.274 e. The molecule has 4 rings (SSSR count). The summed E-state index contributed by atoms with van der Waals surface area (Å²) in [6, 6.07) is 11.9. The minimum absolute atomic E-state index is 0.0443. The first-order valence-electron chi connectivity index (χ1n) is 8.40. The lowest BCUT2D eigenvalue weighted by Gasteiger charge is -2.32. The van der Waals surface area contributed by atoms with Crippen molar-refractivity contribution in [2.24, 2.45) is 0 Å². The molecule has 1 saturated carbocycles. The minimum atomic E-state index is -0.0443. The van der Waals surface area contributed by atoms with Gasteiger partial charge < -0.3 is 9.80 Å². The zero-order valence-electron chi connectivity index (χ0n) is 13.5. The van der Waals surface area contributed by atoms with Gasteiger partial charge >= 0.3 is 0 Å². The molecule has 6 heteroatoms. The molecular formula is C18H20N4O2. The van der Waals surface area contributed by atoms with Crippen molar-refractivity contribution in [2.45, 2.75) is 18.8 Å². The molecule has 0 spiro atoms. The van der Waals surface area contributed by atoms with E-state index in [0.29, 0.717) is 37.8 Å². The van der Waals surface area contributed by atoms with Gasteiger partial charge in [0.2, 0.25) is 6.41 Å². The Morgan fingerprint density at radius 1 is 1.08 bits per heavy atom. The molecular weight excluding hydrogens is 304 g/mol. The predicted octanol–water partition coefficient (Wildman–Crippen LogP) is 1.66. The quantitative estimate of drug-likeness (QED) is 0.804. The van der Waals surface area contributed by atoms with Crippen LogP contribution in [0.3, 0.4) is 0 Å². The zero-order valence-corrected chi connectivity index (χ0v) is 13.5. The van der Waals surface area contributed by atoms with Crippen molar-refractivity contribution in [2.75, 3.05) is 26.2 Å². The van der Waals surface area contributed by atoms with E-state index in [2.05, 4.69) is 5.10 Å². The summed E-state index contributed by atoms with van der Waals surface area (Å²) >= 11 is 0. The molecule has 124 valence electrons. The molecule has 24 heavy (non-hydrogen) atoms. The van der Waals surface area contributed by atoms with E-state index < -0.39 is 0 Å². The predicted molar refractivity (Wildman–Crippen MR) is 89.1 cm³/mol. The molecule has 0 atom stereocenters. The van der Waals surface area contributed by atoms with Gasteiger partial charge in [-0.1, -0.05) is 18.2 Å². The van der Waals surface area contributed by atoms with Crippen LogP contribution in [-0.2, 0) is 4.79 Å². The Bertz CT molecular complexity index is 744. The maximum atomic E-state index is 12.8. The van der Waals surface area contributed by atoms with Crippen LogP contribution in [-0.4, -0.2) is 58.1 Å². The summed E-state index contributed by atoms with van der Waals surface area (Å²) in [6.07, 6.45) is 3.16. The second-order valence-corrected chi connectivity index (χ2v) is 6.41. The van der Waals surface area contributed by atoms with Gasteiger partial charge in [0.25, 0.3) is 5.91 Å². The summed E-state index contributed by atoms with van der Waals surface area (Å²) in [6.45, 7) is 2.30. The maximum absolute atomic E-state index is 12.8. The van der Waals surface area contributed by atoms with Crippen molar-refractivity contribution in [1.29, 1.82) is 0 Å². The molecule has 6 nitrogen and oxygen atoms in total. The van der Waals surface area contributed by atoms with E-state index in [1.54, 1.807) is 9.80 Å². The number of amides is 2. The highest BCUT2D eigenvalue weighted by Crippen LogP contribution is 2.41. The molecule has 2 amide bonds. The SMILES string of the molecule is O=CN1CCN(C(=O)c2cc(C3CC3)n(-c3ccccc3)n2)CC1. The average molecular weight is 324 g/mol. The summed E-state index contributed by atoms with van der Waals surface area (Å²) in [5, 5.41) is 4.60. The Balaban J connectivity index is 1.60. The largest absolute Gasteiger partial charge is 0.342 e. The van der Waals surface area contributed by atoms with Gasteiger partial charge in [-0.2, -0.15) is 5.10 Å². The van der Waals surface area contributed by atoms with E-state index >= 15 is 0 Å². The standard InChI is InChI=1S/C18H20N4O2/c23-13-20-8-10-21(11-9-20)18(24)16-12-17(14-6-7-14)22(19-16)15-4-2-1-3-5-15/h1-5,12-14H,6-11H2. The number of hydrogen-bond donors (Lipinski definition) is 0. The molecule has 0 radical (unpaired) electrons. The number of benzene rings is 1. The summed E-state index contributed by atoms with van der Waals surface area (Å²) in [5.41, 5.74) is 2.61. The van der Waals surface area contributed by atoms with Crippen molar-refractivity contribution < 1.29 is 9.59 Å². The highest BCUT2D eigenvalue weighted by Gasteiger charge is 2.31. The topological polar surface area (TPSA) is 58.4 Å². The lowest BCUT2D eigenvalue weighted by Crippen LogP contribution is -2.48. The van der Waals surface area contributed by atoms with E-state index in [1.807, 2.05) is 41.1 Å². The fourth-order valence-electron chi connectivity index (χ4n) is 3.14. The van der Waals surface area contributed by atoms with Gasteiger partial charge in [-0.3, -0.25) is 9.59 Å². The first-order valence-corrected chi connectivity index (χ1v) is 8.40. The number of aromatic nitrogens is 2. The van der Waals surface area contributed by atoms with Gasteiger partial charge in [0.15, 0.2) is 5.69 Å². The Kier molecular flexibility index (Phi) is 3.80. The van der Waals surface area contributed by atoms with Gasteiger partial charge in [0.1, 0.15) is 0 Å². The fraction of sp³-hybridized carbons (Fsp3) is 0.389. The number of carbonyl (C=O) groups is 2. The third kappa shape index (κ3) is 2.79. The third-order valence-corrected chi connectivity index (χ3v) is 4.70. The van der Waals surface area contributed by atoms with Crippen molar-refractivity contribution >= 4 is 12.3 Å². The van der Waals surface area contributed by atoms with Crippen LogP contribution >= 0.6 is 0 Å². The summed E-state index contributed by atoms with van der Waals surface area (Å²) in [5.74, 6) is 0.461. The first kappa shape index (κ1) is 14.9. The third-order valence-electron chi connectivity index (χ3n) is 4.70. The normalized spacial score (nSPS) is 17.8. The van der Waals surface area contributed by atoms with E-state index in [0.717, 1.165) is 30.6 Å². The molecule has 0 N–H and O–H groups in total. The molecule has 1 saturated heterocycles. The number of rotatable bonds is 4. The molecule has 2 aliphatic rings. The Labute approximate surface area is 140 Å². The second kappa shape index (κ2) is 6.11. The molecule has 2 fully saturated rings. The number of carbonyl (C=O) groups excluding carboxylic acids is 2. The fourth-order valence-corrected chi connectivity index (χ4v) is 3.14. The Morgan fingerprint density at radius 2 is 1.79 bits per heavy atom. The van der Waals surface area contributed by atoms with Crippen LogP contribution in [0.2, 0.25) is 0 Å². The lowest BCUT2D eigenvalue weighted by atomic mass is 10.2. The minimum Gasteiger partial charge on any atom is -0.342 e. The molecule has 1 aromatic heterocycles. The van der Waals surface area contributed by atoms with Crippen molar-refractivity contribution in [3.63, 3.8) is 0 Å². The van der Waals surface area contributed by atoms with Gasteiger partial charge in [0, 0.05) is 37.8 Å². The second-order valence-electron chi connectivity index (χ2n) is 6.41. The van der Waals surface area contributed by atoms with Crippen molar-refractivity contribution in [1.82, 2.24) is 19.6 Å². The van der Waals surface area contributed by atoms with Crippen molar-refractivity contribution in [3.8, 4) is 5.69 Å². The lowest BCUT2D eigenvalue weighted by molar-refractivity contribution is -0.119. The molecule has 0 unspecified atom stereocenters. The van der Waals surface area contributed by atoms with Crippen LogP contribution in [0.5, 0.6) is 0 Å². The van der Waals surface area contributed by atoms with Crippen molar-refractivity contribution in [3.05, 3.63) is 47.8 Å². The van der Waals surface area contributed by atoms with Gasteiger partial charge in [-0.15, -0.1) is 0 Å². The van der Waals surface area contributed by atoms with E-state index in [4.69, 9.17) is 0 Å². The average Bonchev–Trinajstić information content (AvgIpc) is 3.40. The molecule has 1 aromatic carbocycles.